The molecule has 2 bridgehead atoms. The minimum Gasteiger partial charge on any atom is -0.396 e. The minimum atomic E-state index is 0.0961. The molecule has 1 aromatic carbocycles. The zero-order chi connectivity index (χ0) is 14.4. The lowest BCUT2D eigenvalue weighted by molar-refractivity contribution is 0.0714. The number of benzene rings is 1. The number of aliphatic hydroxyl groups excluding tert-OH is 1. The highest BCUT2D eigenvalue weighted by Gasteiger charge is 2.54. The van der Waals surface area contributed by atoms with E-state index in [1.54, 1.807) is 0 Å². The second kappa shape index (κ2) is 4.78. The first-order valence-corrected chi connectivity index (χ1v) is 7.84. The minimum absolute atomic E-state index is 0.0961. The van der Waals surface area contributed by atoms with Crippen molar-refractivity contribution in [1.82, 2.24) is 15.2 Å². The van der Waals surface area contributed by atoms with E-state index in [1.165, 1.54) is 18.4 Å². The van der Waals surface area contributed by atoms with Crippen LogP contribution in [0.25, 0.3) is 11.0 Å². The first kappa shape index (κ1) is 13.2. The molecule has 0 radical (unpaired) electrons. The Morgan fingerprint density at radius 1 is 1.38 bits per heavy atom. The first-order chi connectivity index (χ1) is 10.3. The molecule has 2 aliphatic heterocycles. The predicted molar refractivity (Wildman–Crippen MR) is 78.6 cm³/mol. The van der Waals surface area contributed by atoms with Gasteiger partial charge in [-0.1, -0.05) is 19.1 Å². The highest BCUT2D eigenvalue weighted by Crippen LogP contribution is 2.52. The molecule has 2 aromatic rings. The molecular formula is C16H21N3O2. The van der Waals surface area contributed by atoms with Crippen LogP contribution in [0.15, 0.2) is 22.8 Å². The van der Waals surface area contributed by atoms with Crippen molar-refractivity contribution in [2.24, 2.45) is 5.41 Å². The largest absolute Gasteiger partial charge is 0.396 e. The molecule has 112 valence electrons. The van der Waals surface area contributed by atoms with Crippen LogP contribution in [0, 0.1) is 5.41 Å². The summed E-state index contributed by atoms with van der Waals surface area (Å²) < 4.78 is 4.86. The third kappa shape index (κ3) is 1.84. The van der Waals surface area contributed by atoms with Crippen molar-refractivity contribution in [2.75, 3.05) is 6.61 Å². The van der Waals surface area contributed by atoms with Crippen LogP contribution in [-0.2, 0) is 6.54 Å². The number of aromatic nitrogens is 2. The molecule has 2 fully saturated rings. The number of rotatable bonds is 4. The zero-order valence-corrected chi connectivity index (χ0v) is 12.3. The van der Waals surface area contributed by atoms with Crippen molar-refractivity contribution >= 4 is 11.0 Å². The molecule has 2 saturated heterocycles. The smallest absolute Gasteiger partial charge is 0.139 e. The Morgan fingerprint density at radius 2 is 2.29 bits per heavy atom. The Kier molecular flexibility index (Phi) is 3.01. The first-order valence-electron chi connectivity index (χ1n) is 7.84. The summed E-state index contributed by atoms with van der Waals surface area (Å²) in [4.78, 5) is 2.57. The summed E-state index contributed by atoms with van der Waals surface area (Å²) in [7, 11) is 0. The van der Waals surface area contributed by atoms with Crippen LogP contribution >= 0.6 is 0 Å². The van der Waals surface area contributed by atoms with Crippen LogP contribution in [-0.4, -0.2) is 39.0 Å². The lowest BCUT2D eigenvalue weighted by atomic mass is 9.72. The summed E-state index contributed by atoms with van der Waals surface area (Å²) in [6, 6.07) is 7.14. The number of fused-ring (bicyclic) bond motifs is 3. The molecule has 0 saturated carbocycles. The number of aliphatic hydroxyl groups is 1. The fourth-order valence-electron chi connectivity index (χ4n) is 4.51. The van der Waals surface area contributed by atoms with E-state index in [0.29, 0.717) is 18.7 Å². The molecule has 1 N–H and O–H groups in total. The second-order valence-electron chi connectivity index (χ2n) is 6.55. The van der Waals surface area contributed by atoms with Gasteiger partial charge in [0.1, 0.15) is 11.0 Å². The van der Waals surface area contributed by atoms with E-state index in [0.717, 1.165) is 30.4 Å². The van der Waals surface area contributed by atoms with Crippen LogP contribution < -0.4 is 0 Å². The number of hydrogen-bond acceptors (Lipinski definition) is 5. The fraction of sp³-hybridized carbons (Fsp3) is 0.625. The number of hydrogen-bond donors (Lipinski definition) is 1. The summed E-state index contributed by atoms with van der Waals surface area (Å²) in [6.45, 7) is 3.39. The molecule has 0 spiro atoms. The maximum absolute atomic E-state index is 9.90. The standard InChI is InChI=1S/C16H21N3O2/c1-2-16(10-20)8-12-6-7-14(16)19(12)9-11-4-3-5-13-15(11)18-21-17-13/h3-5,12,14,20H,2,6-10H2,1H3/t12-,14+,16-/m0/s1. The Balaban J connectivity index is 1.65. The molecule has 4 rings (SSSR count). The topological polar surface area (TPSA) is 62.4 Å². The van der Waals surface area contributed by atoms with Gasteiger partial charge in [-0.15, -0.1) is 0 Å². The van der Waals surface area contributed by atoms with E-state index >= 15 is 0 Å². The molecule has 21 heavy (non-hydrogen) atoms. The molecule has 2 aliphatic rings. The molecule has 5 nitrogen and oxygen atoms in total. The predicted octanol–water partition coefficient (Wildman–Crippen LogP) is 2.35. The van der Waals surface area contributed by atoms with Crippen molar-refractivity contribution in [3.63, 3.8) is 0 Å². The van der Waals surface area contributed by atoms with Crippen molar-refractivity contribution in [3.05, 3.63) is 23.8 Å². The average Bonchev–Trinajstić information content (AvgIpc) is 3.21. The van der Waals surface area contributed by atoms with Crippen molar-refractivity contribution in [3.8, 4) is 0 Å². The zero-order valence-electron chi connectivity index (χ0n) is 12.3. The van der Waals surface area contributed by atoms with Gasteiger partial charge in [0.25, 0.3) is 0 Å². The maximum atomic E-state index is 9.90. The van der Waals surface area contributed by atoms with Gasteiger partial charge in [0.2, 0.25) is 0 Å². The molecule has 3 atom stereocenters. The number of nitrogens with zero attached hydrogens (tertiary/aromatic N) is 3. The van der Waals surface area contributed by atoms with Crippen LogP contribution in [0.1, 0.15) is 38.2 Å². The fourth-order valence-corrected chi connectivity index (χ4v) is 4.51. The lowest BCUT2D eigenvalue weighted by Crippen LogP contribution is -2.39. The van der Waals surface area contributed by atoms with Gasteiger partial charge in [-0.3, -0.25) is 4.90 Å². The molecule has 1 aromatic heterocycles. The van der Waals surface area contributed by atoms with E-state index in [1.807, 2.05) is 12.1 Å². The van der Waals surface area contributed by atoms with Gasteiger partial charge in [-0.2, -0.15) is 0 Å². The van der Waals surface area contributed by atoms with E-state index in [2.05, 4.69) is 28.2 Å². The molecule has 3 heterocycles. The third-order valence-electron chi connectivity index (χ3n) is 5.73. The van der Waals surface area contributed by atoms with Crippen LogP contribution in [0.5, 0.6) is 0 Å². The molecular weight excluding hydrogens is 266 g/mol. The van der Waals surface area contributed by atoms with Gasteiger partial charge in [-0.25, -0.2) is 4.63 Å². The summed E-state index contributed by atoms with van der Waals surface area (Å²) in [6.07, 6.45) is 4.63. The van der Waals surface area contributed by atoms with Gasteiger partial charge in [0.15, 0.2) is 0 Å². The molecule has 0 amide bonds. The van der Waals surface area contributed by atoms with E-state index < -0.39 is 0 Å². The Labute approximate surface area is 123 Å². The van der Waals surface area contributed by atoms with Gasteiger partial charge < -0.3 is 5.11 Å². The highest BCUT2D eigenvalue weighted by molar-refractivity contribution is 5.76. The third-order valence-corrected chi connectivity index (χ3v) is 5.73. The van der Waals surface area contributed by atoms with Gasteiger partial charge in [0.05, 0.1) is 6.61 Å². The highest BCUT2D eigenvalue weighted by atomic mass is 16.6. The van der Waals surface area contributed by atoms with E-state index in [-0.39, 0.29) is 5.41 Å². The Morgan fingerprint density at radius 3 is 3.05 bits per heavy atom. The lowest BCUT2D eigenvalue weighted by Gasteiger charge is -2.35. The van der Waals surface area contributed by atoms with Gasteiger partial charge >= 0.3 is 0 Å². The quantitative estimate of drug-likeness (QED) is 0.935. The summed E-state index contributed by atoms with van der Waals surface area (Å²) in [5.41, 5.74) is 2.96. The SMILES string of the molecule is CC[C@@]1(CO)C[C@@H]2CC[C@H]1N2Cc1cccc2nonc12. The average molecular weight is 287 g/mol. The van der Waals surface area contributed by atoms with Crippen LogP contribution in [0.4, 0.5) is 0 Å². The normalized spacial score (nSPS) is 32.3. The summed E-state index contributed by atoms with van der Waals surface area (Å²) >= 11 is 0. The van der Waals surface area contributed by atoms with Gasteiger partial charge in [-0.05, 0) is 47.6 Å². The molecule has 5 heteroatoms. The van der Waals surface area contributed by atoms with E-state index in [4.69, 9.17) is 4.63 Å². The second-order valence-corrected chi connectivity index (χ2v) is 6.55. The van der Waals surface area contributed by atoms with Gasteiger partial charge in [0, 0.05) is 24.0 Å². The Hall–Kier alpha value is -1.46. The van der Waals surface area contributed by atoms with Crippen molar-refractivity contribution in [1.29, 1.82) is 0 Å². The van der Waals surface area contributed by atoms with Crippen molar-refractivity contribution < 1.29 is 9.74 Å². The van der Waals surface area contributed by atoms with Crippen LogP contribution in [0.3, 0.4) is 0 Å². The van der Waals surface area contributed by atoms with E-state index in [9.17, 15) is 5.11 Å². The van der Waals surface area contributed by atoms with Crippen molar-refractivity contribution in [2.45, 2.75) is 51.2 Å². The van der Waals surface area contributed by atoms with Crippen LogP contribution in [0.2, 0.25) is 0 Å². The summed E-state index contributed by atoms with van der Waals surface area (Å²) in [5.74, 6) is 0. The maximum Gasteiger partial charge on any atom is 0.139 e. The summed E-state index contributed by atoms with van der Waals surface area (Å²) in [5, 5.41) is 17.9. The molecule has 0 aliphatic carbocycles. The Bertz CT molecular complexity index is 650. The molecule has 0 unspecified atom stereocenters. The monoisotopic (exact) mass is 287 g/mol.